The molecule has 0 saturated carbocycles. The molecule has 2 aromatic rings. The fourth-order valence-corrected chi connectivity index (χ4v) is 1.73. The largest absolute Gasteiger partial charge is 0.576 e. The van der Waals surface area contributed by atoms with E-state index in [1.165, 1.54) is 38.5 Å². The molecular formula is C14H13BF2O4. The quantitative estimate of drug-likeness (QED) is 0.768. The van der Waals surface area contributed by atoms with Crippen LogP contribution in [-0.4, -0.2) is 21.9 Å². The number of rotatable bonds is 6. The fourth-order valence-electron chi connectivity index (χ4n) is 1.73. The summed E-state index contributed by atoms with van der Waals surface area (Å²) in [6, 6.07) is 8.51. The van der Waals surface area contributed by atoms with Gasteiger partial charge in [-0.3, -0.25) is 0 Å². The van der Waals surface area contributed by atoms with Crippen LogP contribution in [0.5, 0.6) is 23.0 Å². The maximum atomic E-state index is 13.6. The molecule has 7 heteroatoms. The first-order valence-corrected chi connectivity index (χ1v) is 6.08. The summed E-state index contributed by atoms with van der Waals surface area (Å²) < 4.78 is 47.6. The van der Waals surface area contributed by atoms with Crippen LogP contribution in [0.1, 0.15) is 0 Å². The van der Waals surface area contributed by atoms with E-state index in [0.717, 1.165) is 0 Å². The molecule has 0 unspecified atom stereocenters. The Morgan fingerprint density at radius 1 is 0.762 bits per heavy atom. The molecule has 0 N–H and O–H groups in total. The van der Waals surface area contributed by atoms with Gasteiger partial charge in [-0.1, -0.05) is 12.1 Å². The molecule has 2 aromatic carbocycles. The summed E-state index contributed by atoms with van der Waals surface area (Å²) in [6.45, 7) is 0. The normalized spacial score (nSPS) is 9.90. The number of halogens is 2. The molecule has 0 saturated heterocycles. The molecule has 21 heavy (non-hydrogen) atoms. The number of hydrogen-bond acceptors (Lipinski definition) is 4. The smallest absolute Gasteiger partial charge is 0.524 e. The highest BCUT2D eigenvalue weighted by Gasteiger charge is 2.15. The molecule has 0 fully saturated rings. The van der Waals surface area contributed by atoms with Gasteiger partial charge in [0, 0.05) is 0 Å². The zero-order chi connectivity index (χ0) is 15.2. The zero-order valence-electron chi connectivity index (χ0n) is 11.6. The summed E-state index contributed by atoms with van der Waals surface area (Å²) >= 11 is 0. The van der Waals surface area contributed by atoms with Crippen LogP contribution in [0, 0.1) is 11.6 Å². The van der Waals surface area contributed by atoms with E-state index in [2.05, 4.69) is 0 Å². The van der Waals surface area contributed by atoms with Crippen LogP contribution in [0.2, 0.25) is 0 Å². The Kier molecular flexibility index (Phi) is 4.87. The highest BCUT2D eigenvalue weighted by atomic mass is 19.1. The summed E-state index contributed by atoms with van der Waals surface area (Å²) in [5.41, 5.74) is 0. The van der Waals surface area contributed by atoms with Gasteiger partial charge in [0.2, 0.25) is 0 Å². The number of para-hydroxylation sites is 2. The maximum Gasteiger partial charge on any atom is 0.576 e. The summed E-state index contributed by atoms with van der Waals surface area (Å²) in [5.74, 6) is -0.958. The van der Waals surface area contributed by atoms with Crippen molar-refractivity contribution in [2.24, 2.45) is 0 Å². The standard InChI is InChI=1S/C14H13BF2O4/c1-18-11-7-3-5-9(16)13(11)20-15-21-14-10(17)6-4-8-12(14)19-2/h3-8,15H,1-2H3. The third kappa shape index (κ3) is 3.36. The van der Waals surface area contributed by atoms with E-state index in [1.807, 2.05) is 0 Å². The van der Waals surface area contributed by atoms with E-state index >= 15 is 0 Å². The number of ether oxygens (including phenoxy) is 2. The zero-order valence-corrected chi connectivity index (χ0v) is 11.6. The Bertz CT molecular complexity index is 568. The first-order valence-electron chi connectivity index (χ1n) is 6.08. The van der Waals surface area contributed by atoms with Crippen LogP contribution in [0.3, 0.4) is 0 Å². The lowest BCUT2D eigenvalue weighted by Crippen LogP contribution is -2.14. The number of methoxy groups -OCH3 is 2. The highest BCUT2D eigenvalue weighted by Crippen LogP contribution is 2.31. The minimum Gasteiger partial charge on any atom is -0.524 e. The average Bonchev–Trinajstić information content (AvgIpc) is 2.50. The molecular weight excluding hydrogens is 281 g/mol. The van der Waals surface area contributed by atoms with Crippen LogP contribution in [0.25, 0.3) is 0 Å². The molecule has 0 spiro atoms. The molecule has 0 aliphatic rings. The van der Waals surface area contributed by atoms with Gasteiger partial charge in [0.05, 0.1) is 14.2 Å². The predicted molar refractivity (Wildman–Crippen MR) is 74.3 cm³/mol. The molecule has 0 atom stereocenters. The second-order valence-corrected chi connectivity index (χ2v) is 3.95. The molecule has 0 amide bonds. The Labute approximate surface area is 121 Å². The predicted octanol–water partition coefficient (Wildman–Crippen LogP) is 2.71. The SMILES string of the molecule is COc1cccc(F)c1OBOc1c(F)cccc1OC. The summed E-state index contributed by atoms with van der Waals surface area (Å²) in [6.07, 6.45) is 0. The van der Waals surface area contributed by atoms with E-state index in [0.29, 0.717) is 0 Å². The molecule has 0 heterocycles. The first kappa shape index (κ1) is 15.0. The van der Waals surface area contributed by atoms with Crippen molar-refractivity contribution in [1.82, 2.24) is 0 Å². The van der Waals surface area contributed by atoms with E-state index in [1.54, 1.807) is 12.1 Å². The lowest BCUT2D eigenvalue weighted by atomic mass is 10.2. The van der Waals surface area contributed by atoms with E-state index in [-0.39, 0.29) is 23.0 Å². The van der Waals surface area contributed by atoms with Crippen molar-refractivity contribution < 1.29 is 27.6 Å². The van der Waals surface area contributed by atoms with Gasteiger partial charge >= 0.3 is 7.69 Å². The van der Waals surface area contributed by atoms with Gasteiger partial charge in [0.1, 0.15) is 0 Å². The van der Waals surface area contributed by atoms with Gasteiger partial charge in [-0.2, -0.15) is 0 Å². The van der Waals surface area contributed by atoms with E-state index in [9.17, 15) is 8.78 Å². The summed E-state index contributed by atoms with van der Waals surface area (Å²) in [5, 5.41) is 0. The van der Waals surface area contributed by atoms with Crippen molar-refractivity contribution >= 4 is 7.69 Å². The lowest BCUT2D eigenvalue weighted by Gasteiger charge is -2.13. The van der Waals surface area contributed by atoms with Crippen LogP contribution in [0.15, 0.2) is 36.4 Å². The molecule has 0 radical (unpaired) electrons. The van der Waals surface area contributed by atoms with E-state index in [4.69, 9.17) is 18.8 Å². The molecule has 4 nitrogen and oxygen atoms in total. The third-order valence-corrected chi connectivity index (χ3v) is 2.71. The van der Waals surface area contributed by atoms with Crippen LogP contribution in [0.4, 0.5) is 8.78 Å². The lowest BCUT2D eigenvalue weighted by molar-refractivity contribution is 0.353. The third-order valence-electron chi connectivity index (χ3n) is 2.71. The first-order chi connectivity index (χ1) is 10.2. The summed E-state index contributed by atoms with van der Waals surface area (Å²) in [7, 11) is 2.39. The molecule has 0 aliphatic carbocycles. The Morgan fingerprint density at radius 3 is 1.57 bits per heavy atom. The Hall–Kier alpha value is -2.44. The highest BCUT2D eigenvalue weighted by molar-refractivity contribution is 6.21. The maximum absolute atomic E-state index is 13.6. The monoisotopic (exact) mass is 294 g/mol. The molecule has 0 aliphatic heterocycles. The summed E-state index contributed by atoms with van der Waals surface area (Å²) in [4.78, 5) is 0. The number of hydrogen-bond donors (Lipinski definition) is 0. The van der Waals surface area contributed by atoms with Crippen molar-refractivity contribution in [3.05, 3.63) is 48.0 Å². The minimum atomic E-state index is -0.599. The Morgan fingerprint density at radius 2 is 1.19 bits per heavy atom. The molecule has 2 rings (SSSR count). The van der Waals surface area contributed by atoms with Gasteiger partial charge in [-0.25, -0.2) is 8.78 Å². The van der Waals surface area contributed by atoms with Crippen molar-refractivity contribution in [3.8, 4) is 23.0 Å². The van der Waals surface area contributed by atoms with Gasteiger partial charge in [0.25, 0.3) is 0 Å². The van der Waals surface area contributed by atoms with Gasteiger partial charge in [-0.05, 0) is 24.3 Å². The average molecular weight is 294 g/mol. The van der Waals surface area contributed by atoms with Gasteiger partial charge < -0.3 is 18.8 Å². The molecule has 0 bridgehead atoms. The minimum absolute atomic E-state index is 0.102. The fraction of sp³-hybridized carbons (Fsp3) is 0.143. The number of benzene rings is 2. The van der Waals surface area contributed by atoms with Crippen LogP contribution >= 0.6 is 0 Å². The van der Waals surface area contributed by atoms with Gasteiger partial charge in [-0.15, -0.1) is 0 Å². The van der Waals surface area contributed by atoms with Crippen LogP contribution in [-0.2, 0) is 0 Å². The van der Waals surface area contributed by atoms with E-state index < -0.39 is 19.3 Å². The Balaban J connectivity index is 2.09. The van der Waals surface area contributed by atoms with Crippen molar-refractivity contribution in [1.29, 1.82) is 0 Å². The van der Waals surface area contributed by atoms with Crippen molar-refractivity contribution in [2.45, 2.75) is 0 Å². The second-order valence-electron chi connectivity index (χ2n) is 3.95. The van der Waals surface area contributed by atoms with Crippen LogP contribution < -0.4 is 18.8 Å². The molecule has 0 aromatic heterocycles. The van der Waals surface area contributed by atoms with Crippen molar-refractivity contribution in [3.63, 3.8) is 0 Å². The van der Waals surface area contributed by atoms with Gasteiger partial charge in [0.15, 0.2) is 34.6 Å². The second kappa shape index (κ2) is 6.83. The topological polar surface area (TPSA) is 36.9 Å². The van der Waals surface area contributed by atoms with Crippen molar-refractivity contribution in [2.75, 3.05) is 14.2 Å². The molecule has 110 valence electrons.